The largest absolute Gasteiger partial charge is 0.331 e. The first-order chi connectivity index (χ1) is 6.22. The van der Waals surface area contributed by atoms with Crippen molar-refractivity contribution in [1.29, 1.82) is 0 Å². The monoisotopic (exact) mass is 197 g/mol. The molecule has 5 heteroatoms. The summed E-state index contributed by atoms with van der Waals surface area (Å²) in [6.45, 7) is 3.21. The smallest absolute Gasteiger partial charge is 0.191 e. The molecule has 0 heterocycles. The molecule has 2 N–H and O–H groups in total. The molecule has 0 atom stereocenters. The Morgan fingerprint density at radius 1 is 1.38 bits per heavy atom. The zero-order valence-corrected chi connectivity index (χ0v) is 7.57. The Bertz CT molecular complexity index is 310. The van der Waals surface area contributed by atoms with Gasteiger partial charge in [-0.1, -0.05) is 0 Å². The van der Waals surface area contributed by atoms with E-state index < -0.39 is 0 Å². The van der Waals surface area contributed by atoms with Crippen LogP contribution in [0.4, 0.5) is 10.1 Å². The van der Waals surface area contributed by atoms with E-state index in [1.807, 2.05) is 0 Å². The fourth-order valence-corrected chi connectivity index (χ4v) is 0.946. The molecule has 0 saturated heterocycles. The number of rotatable bonds is 2. The van der Waals surface area contributed by atoms with Gasteiger partial charge in [0.05, 0.1) is 0 Å². The van der Waals surface area contributed by atoms with Gasteiger partial charge in [-0.25, -0.2) is 4.39 Å². The van der Waals surface area contributed by atoms with E-state index in [1.54, 1.807) is 12.1 Å². The van der Waals surface area contributed by atoms with E-state index in [-0.39, 0.29) is 5.82 Å². The third kappa shape index (κ3) is 3.16. The third-order valence-corrected chi connectivity index (χ3v) is 1.48. The number of nitrogens with one attached hydrogen (secondary N) is 2. The molecule has 0 aliphatic heterocycles. The van der Waals surface area contributed by atoms with E-state index >= 15 is 0 Å². The molecule has 0 saturated carbocycles. The molecular formula is C8H8FN3S. The van der Waals surface area contributed by atoms with Crippen molar-refractivity contribution in [2.45, 2.75) is 0 Å². The maximum absolute atomic E-state index is 12.5. The van der Waals surface area contributed by atoms with Crippen LogP contribution >= 0.6 is 12.2 Å². The fraction of sp³-hybridized carbons (Fsp3) is 0. The lowest BCUT2D eigenvalue weighted by atomic mass is 10.3. The van der Waals surface area contributed by atoms with Crippen LogP contribution in [0.5, 0.6) is 0 Å². The van der Waals surface area contributed by atoms with E-state index in [2.05, 4.69) is 22.6 Å². The molecule has 0 bridgehead atoms. The molecule has 0 radical (unpaired) electrons. The number of hydrogen-bond acceptors (Lipinski definition) is 2. The molecule has 0 spiro atoms. The zero-order chi connectivity index (χ0) is 9.68. The summed E-state index contributed by atoms with van der Waals surface area (Å²) >= 11 is 4.82. The molecule has 1 aromatic rings. The lowest BCUT2D eigenvalue weighted by molar-refractivity contribution is 0.628. The second kappa shape index (κ2) is 4.51. The molecular weight excluding hydrogens is 189 g/mol. The minimum Gasteiger partial charge on any atom is -0.331 e. The summed E-state index contributed by atoms with van der Waals surface area (Å²) in [4.78, 5) is 0. The molecule has 0 fully saturated rings. The highest BCUT2D eigenvalue weighted by atomic mass is 32.1. The van der Waals surface area contributed by atoms with Gasteiger partial charge in [-0.05, 0) is 36.5 Å². The average Bonchev–Trinajstić information content (AvgIpc) is 2.09. The van der Waals surface area contributed by atoms with Crippen molar-refractivity contribution in [1.82, 2.24) is 5.43 Å². The normalized spacial score (nSPS) is 9.00. The Labute approximate surface area is 80.7 Å². The van der Waals surface area contributed by atoms with Crippen LogP contribution in [0.25, 0.3) is 0 Å². The van der Waals surface area contributed by atoms with Crippen LogP contribution in [-0.4, -0.2) is 11.8 Å². The van der Waals surface area contributed by atoms with Crippen molar-refractivity contribution in [2.24, 2.45) is 5.10 Å². The Hall–Kier alpha value is -1.49. The van der Waals surface area contributed by atoms with Crippen LogP contribution in [0.2, 0.25) is 0 Å². The molecule has 0 amide bonds. The number of hydrazone groups is 1. The Morgan fingerprint density at radius 2 is 2.00 bits per heavy atom. The van der Waals surface area contributed by atoms with Crippen LogP contribution in [0.15, 0.2) is 29.4 Å². The van der Waals surface area contributed by atoms with E-state index in [0.717, 1.165) is 0 Å². The van der Waals surface area contributed by atoms with Gasteiger partial charge < -0.3 is 5.32 Å². The number of anilines is 1. The van der Waals surface area contributed by atoms with Crippen molar-refractivity contribution in [3.8, 4) is 0 Å². The fourth-order valence-electron chi connectivity index (χ4n) is 0.764. The first-order valence-electron chi connectivity index (χ1n) is 3.50. The molecule has 0 aromatic heterocycles. The summed E-state index contributed by atoms with van der Waals surface area (Å²) in [5.41, 5.74) is 3.15. The van der Waals surface area contributed by atoms with Gasteiger partial charge in [0.15, 0.2) is 5.11 Å². The van der Waals surface area contributed by atoms with Gasteiger partial charge in [0.1, 0.15) is 5.82 Å². The number of hydrogen-bond donors (Lipinski definition) is 2. The zero-order valence-electron chi connectivity index (χ0n) is 6.75. The predicted octanol–water partition coefficient (Wildman–Crippen LogP) is 1.73. The molecule has 13 heavy (non-hydrogen) atoms. The van der Waals surface area contributed by atoms with Gasteiger partial charge in [-0.3, -0.25) is 5.43 Å². The quantitative estimate of drug-likeness (QED) is 0.430. The molecule has 1 aromatic carbocycles. The summed E-state index contributed by atoms with van der Waals surface area (Å²) < 4.78 is 12.5. The Balaban J connectivity index is 2.59. The van der Waals surface area contributed by atoms with Crippen LogP contribution in [-0.2, 0) is 0 Å². The highest BCUT2D eigenvalue weighted by molar-refractivity contribution is 7.80. The highest BCUT2D eigenvalue weighted by Gasteiger charge is 1.95. The maximum atomic E-state index is 12.5. The molecule has 68 valence electrons. The molecule has 0 aliphatic carbocycles. The van der Waals surface area contributed by atoms with Gasteiger partial charge in [-0.15, -0.1) is 0 Å². The van der Waals surface area contributed by atoms with Gasteiger partial charge >= 0.3 is 0 Å². The van der Waals surface area contributed by atoms with Crippen LogP contribution in [0, 0.1) is 5.82 Å². The predicted molar refractivity (Wildman–Crippen MR) is 55.3 cm³/mol. The van der Waals surface area contributed by atoms with E-state index in [4.69, 9.17) is 12.2 Å². The lowest BCUT2D eigenvalue weighted by Gasteiger charge is -2.05. The van der Waals surface area contributed by atoms with Crippen molar-refractivity contribution in [2.75, 3.05) is 5.32 Å². The van der Waals surface area contributed by atoms with E-state index in [0.29, 0.717) is 10.8 Å². The van der Waals surface area contributed by atoms with Crippen molar-refractivity contribution in [3.05, 3.63) is 30.1 Å². The van der Waals surface area contributed by atoms with Crippen LogP contribution < -0.4 is 10.7 Å². The van der Waals surface area contributed by atoms with Crippen molar-refractivity contribution >= 4 is 29.7 Å². The number of thiocarbonyl (C=S) groups is 1. The third-order valence-electron chi connectivity index (χ3n) is 1.28. The second-order valence-corrected chi connectivity index (χ2v) is 2.64. The van der Waals surface area contributed by atoms with Crippen LogP contribution in [0.3, 0.4) is 0 Å². The summed E-state index contributed by atoms with van der Waals surface area (Å²) in [5, 5.41) is 6.48. The second-order valence-electron chi connectivity index (χ2n) is 2.23. The van der Waals surface area contributed by atoms with E-state index in [1.165, 1.54) is 12.1 Å². The molecule has 1 rings (SSSR count). The van der Waals surface area contributed by atoms with Gasteiger partial charge in [-0.2, -0.15) is 5.10 Å². The van der Waals surface area contributed by atoms with Crippen LogP contribution in [0.1, 0.15) is 0 Å². The summed E-state index contributed by atoms with van der Waals surface area (Å²) in [6, 6.07) is 5.83. The first-order valence-corrected chi connectivity index (χ1v) is 3.91. The minimum absolute atomic E-state index is 0.286. The number of halogens is 1. The molecule has 0 unspecified atom stereocenters. The number of benzene rings is 1. The van der Waals surface area contributed by atoms with Crippen molar-refractivity contribution < 1.29 is 4.39 Å². The Morgan fingerprint density at radius 3 is 2.54 bits per heavy atom. The lowest BCUT2D eigenvalue weighted by Crippen LogP contribution is -2.23. The molecule has 3 nitrogen and oxygen atoms in total. The summed E-state index contributed by atoms with van der Waals surface area (Å²) in [7, 11) is 0. The van der Waals surface area contributed by atoms with E-state index in [9.17, 15) is 4.39 Å². The van der Waals surface area contributed by atoms with Gasteiger partial charge in [0.2, 0.25) is 0 Å². The van der Waals surface area contributed by atoms with Gasteiger partial charge in [0.25, 0.3) is 0 Å². The standard InChI is InChI=1S/C8H8FN3S/c1-10-12-8(13)11-7-4-2-6(9)3-5-7/h2-5H,1H2,(H2,11,12,13). The number of nitrogens with zero attached hydrogens (tertiary/aromatic N) is 1. The highest BCUT2D eigenvalue weighted by Crippen LogP contribution is 2.07. The van der Waals surface area contributed by atoms with Gasteiger partial charge in [0, 0.05) is 12.4 Å². The van der Waals surface area contributed by atoms with Crippen molar-refractivity contribution in [3.63, 3.8) is 0 Å². The maximum Gasteiger partial charge on any atom is 0.191 e. The Kier molecular flexibility index (Phi) is 3.33. The minimum atomic E-state index is -0.286. The SMILES string of the molecule is C=NNC(=S)Nc1ccc(F)cc1. The topological polar surface area (TPSA) is 36.4 Å². The molecule has 0 aliphatic rings. The average molecular weight is 197 g/mol. The first kappa shape index (κ1) is 9.60. The summed E-state index contributed by atoms with van der Waals surface area (Å²) in [6.07, 6.45) is 0. The summed E-state index contributed by atoms with van der Waals surface area (Å²) in [5.74, 6) is -0.286.